The van der Waals surface area contributed by atoms with Crippen LogP contribution in [0.3, 0.4) is 0 Å². The zero-order chi connectivity index (χ0) is 12.6. The SMILES string of the molecule is CC#CCC1(CC(/C=C/C=C/C)SC)CCC1. The molecule has 0 bridgehead atoms. The third-order valence-electron chi connectivity index (χ3n) is 3.62. The van der Waals surface area contributed by atoms with E-state index in [9.17, 15) is 0 Å². The first-order valence-corrected chi connectivity index (χ1v) is 7.77. The Morgan fingerprint density at radius 1 is 1.35 bits per heavy atom. The molecule has 0 aliphatic heterocycles. The first-order valence-electron chi connectivity index (χ1n) is 6.48. The molecule has 1 rings (SSSR count). The van der Waals surface area contributed by atoms with Crippen molar-refractivity contribution in [1.82, 2.24) is 0 Å². The first kappa shape index (κ1) is 14.5. The van der Waals surface area contributed by atoms with Gasteiger partial charge in [-0.3, -0.25) is 0 Å². The summed E-state index contributed by atoms with van der Waals surface area (Å²) < 4.78 is 0. The summed E-state index contributed by atoms with van der Waals surface area (Å²) in [5.41, 5.74) is 0.525. The summed E-state index contributed by atoms with van der Waals surface area (Å²) in [7, 11) is 0. The highest BCUT2D eigenvalue weighted by molar-refractivity contribution is 7.99. The summed E-state index contributed by atoms with van der Waals surface area (Å²) in [6.07, 6.45) is 17.4. The van der Waals surface area contributed by atoms with Crippen LogP contribution in [0.4, 0.5) is 0 Å². The monoisotopic (exact) mass is 248 g/mol. The van der Waals surface area contributed by atoms with E-state index >= 15 is 0 Å². The maximum absolute atomic E-state index is 3.29. The highest BCUT2D eigenvalue weighted by Gasteiger charge is 2.37. The molecular weight excluding hydrogens is 224 g/mol. The Balaban J connectivity index is 2.54. The normalized spacial score (nSPS) is 19.9. The molecule has 1 heteroatoms. The smallest absolute Gasteiger partial charge is 0.0232 e. The Kier molecular flexibility index (Phi) is 6.52. The van der Waals surface area contributed by atoms with E-state index in [0.717, 1.165) is 6.42 Å². The fraction of sp³-hybridized carbons (Fsp3) is 0.625. The van der Waals surface area contributed by atoms with Crippen molar-refractivity contribution < 1.29 is 0 Å². The van der Waals surface area contributed by atoms with E-state index in [1.165, 1.54) is 25.7 Å². The van der Waals surface area contributed by atoms with Crippen LogP contribution < -0.4 is 0 Å². The van der Waals surface area contributed by atoms with Crippen LogP contribution in [0.2, 0.25) is 0 Å². The molecule has 0 amide bonds. The minimum Gasteiger partial charge on any atom is -0.158 e. The first-order chi connectivity index (χ1) is 8.26. The Bertz CT molecular complexity index is 323. The van der Waals surface area contributed by atoms with Crippen LogP contribution in [0.1, 0.15) is 46.0 Å². The van der Waals surface area contributed by atoms with Crippen molar-refractivity contribution in [2.24, 2.45) is 5.41 Å². The van der Waals surface area contributed by atoms with Crippen molar-refractivity contribution >= 4 is 11.8 Å². The van der Waals surface area contributed by atoms with Gasteiger partial charge in [-0.25, -0.2) is 0 Å². The van der Waals surface area contributed by atoms with Gasteiger partial charge in [0.15, 0.2) is 0 Å². The summed E-state index contributed by atoms with van der Waals surface area (Å²) in [4.78, 5) is 0. The summed E-state index contributed by atoms with van der Waals surface area (Å²) in [5.74, 6) is 6.34. The van der Waals surface area contributed by atoms with Gasteiger partial charge in [0, 0.05) is 11.7 Å². The number of thioether (sulfide) groups is 1. The molecule has 1 aliphatic rings. The minimum absolute atomic E-state index is 0.525. The average molecular weight is 248 g/mol. The van der Waals surface area contributed by atoms with Crippen molar-refractivity contribution in [1.29, 1.82) is 0 Å². The van der Waals surface area contributed by atoms with Gasteiger partial charge in [-0.1, -0.05) is 30.7 Å². The molecule has 17 heavy (non-hydrogen) atoms. The average Bonchev–Trinajstić information content (AvgIpc) is 2.30. The predicted molar refractivity (Wildman–Crippen MR) is 80.2 cm³/mol. The highest BCUT2D eigenvalue weighted by Crippen LogP contribution is 2.48. The summed E-state index contributed by atoms with van der Waals surface area (Å²) >= 11 is 1.96. The Labute approximate surface area is 111 Å². The van der Waals surface area contributed by atoms with Crippen LogP contribution in [-0.4, -0.2) is 11.5 Å². The third-order valence-corrected chi connectivity index (χ3v) is 4.55. The molecule has 0 heterocycles. The summed E-state index contributed by atoms with van der Waals surface area (Å²) in [6, 6.07) is 0. The lowest BCUT2D eigenvalue weighted by molar-refractivity contribution is 0.130. The Morgan fingerprint density at radius 3 is 2.59 bits per heavy atom. The highest BCUT2D eigenvalue weighted by atomic mass is 32.2. The number of allylic oxidation sites excluding steroid dienone is 3. The van der Waals surface area contributed by atoms with Crippen LogP contribution in [0.5, 0.6) is 0 Å². The molecule has 0 spiro atoms. The van der Waals surface area contributed by atoms with Gasteiger partial charge >= 0.3 is 0 Å². The van der Waals surface area contributed by atoms with Crippen LogP contribution >= 0.6 is 11.8 Å². The molecule has 0 saturated heterocycles. The van der Waals surface area contributed by atoms with E-state index in [1.807, 2.05) is 18.7 Å². The Hall–Kier alpha value is -0.610. The number of rotatable bonds is 6. The maximum Gasteiger partial charge on any atom is 0.0232 e. The van der Waals surface area contributed by atoms with Crippen molar-refractivity contribution in [2.45, 2.75) is 51.2 Å². The lowest BCUT2D eigenvalue weighted by Gasteiger charge is -2.42. The molecular formula is C16H24S. The van der Waals surface area contributed by atoms with Crippen molar-refractivity contribution in [2.75, 3.05) is 6.26 Å². The van der Waals surface area contributed by atoms with E-state index in [1.54, 1.807) is 0 Å². The van der Waals surface area contributed by atoms with Crippen molar-refractivity contribution in [3.05, 3.63) is 24.3 Å². The van der Waals surface area contributed by atoms with Gasteiger partial charge in [-0.2, -0.15) is 11.8 Å². The topological polar surface area (TPSA) is 0 Å². The summed E-state index contributed by atoms with van der Waals surface area (Å²) in [6.45, 7) is 4.01. The van der Waals surface area contributed by atoms with Gasteiger partial charge in [0.1, 0.15) is 0 Å². The quantitative estimate of drug-likeness (QED) is 0.479. The molecule has 1 atom stereocenters. The van der Waals surface area contributed by atoms with E-state index < -0.39 is 0 Å². The second kappa shape index (κ2) is 7.67. The number of hydrogen-bond donors (Lipinski definition) is 0. The maximum atomic E-state index is 3.29. The van der Waals surface area contributed by atoms with Gasteiger partial charge in [-0.05, 0) is 44.8 Å². The van der Waals surface area contributed by atoms with Gasteiger partial charge < -0.3 is 0 Å². The standard InChI is InChI=1S/C16H24S/c1-4-6-8-10-15(17-3)14-16(11-7-5-2)12-9-13-16/h4,6,8,10,15H,9,11-14H2,1-3H3/b6-4+,10-8+. The molecule has 0 nitrogen and oxygen atoms in total. The van der Waals surface area contributed by atoms with E-state index in [-0.39, 0.29) is 0 Å². The molecule has 1 saturated carbocycles. The fourth-order valence-electron chi connectivity index (χ4n) is 2.36. The van der Waals surface area contributed by atoms with E-state index in [0.29, 0.717) is 10.7 Å². The third kappa shape index (κ3) is 4.64. The molecule has 0 N–H and O–H groups in total. The molecule has 0 aromatic carbocycles. The summed E-state index contributed by atoms with van der Waals surface area (Å²) in [5, 5.41) is 0.644. The van der Waals surface area contributed by atoms with Crippen LogP contribution in [0.15, 0.2) is 24.3 Å². The molecule has 1 unspecified atom stereocenters. The molecule has 0 aromatic rings. The zero-order valence-corrected chi connectivity index (χ0v) is 12.1. The van der Waals surface area contributed by atoms with E-state index in [4.69, 9.17) is 0 Å². The van der Waals surface area contributed by atoms with Gasteiger partial charge in [0.05, 0.1) is 0 Å². The van der Waals surface area contributed by atoms with Gasteiger partial charge in [0.2, 0.25) is 0 Å². The molecule has 1 aliphatic carbocycles. The fourth-order valence-corrected chi connectivity index (χ4v) is 3.13. The second-order valence-corrected chi connectivity index (χ2v) is 5.92. The van der Waals surface area contributed by atoms with Crippen LogP contribution in [-0.2, 0) is 0 Å². The second-order valence-electron chi connectivity index (χ2n) is 4.85. The van der Waals surface area contributed by atoms with Crippen molar-refractivity contribution in [3.8, 4) is 11.8 Å². The van der Waals surface area contributed by atoms with E-state index in [2.05, 4.69) is 49.3 Å². The molecule has 94 valence electrons. The molecule has 0 aromatic heterocycles. The van der Waals surface area contributed by atoms with Gasteiger partial charge in [-0.15, -0.1) is 11.8 Å². The van der Waals surface area contributed by atoms with Crippen LogP contribution in [0.25, 0.3) is 0 Å². The van der Waals surface area contributed by atoms with Crippen LogP contribution in [0, 0.1) is 17.3 Å². The zero-order valence-electron chi connectivity index (χ0n) is 11.3. The van der Waals surface area contributed by atoms with Crippen molar-refractivity contribution in [3.63, 3.8) is 0 Å². The molecule has 0 radical (unpaired) electrons. The minimum atomic E-state index is 0.525. The number of hydrogen-bond acceptors (Lipinski definition) is 1. The molecule has 1 fully saturated rings. The lowest BCUT2D eigenvalue weighted by Crippen LogP contribution is -2.31. The predicted octanol–water partition coefficient (Wildman–Crippen LogP) is 4.82. The van der Waals surface area contributed by atoms with Gasteiger partial charge in [0.25, 0.3) is 0 Å². The largest absolute Gasteiger partial charge is 0.158 e. The Morgan fingerprint density at radius 2 is 2.12 bits per heavy atom. The lowest BCUT2D eigenvalue weighted by atomic mass is 9.64.